The van der Waals surface area contributed by atoms with Crippen molar-refractivity contribution in [1.29, 1.82) is 0 Å². The van der Waals surface area contributed by atoms with E-state index >= 15 is 0 Å². The van der Waals surface area contributed by atoms with Crippen LogP contribution in [0.1, 0.15) is 22.9 Å². The number of hydrogen-bond donors (Lipinski definition) is 1. The number of rotatable bonds is 2. The van der Waals surface area contributed by atoms with Crippen molar-refractivity contribution in [2.24, 2.45) is 12.8 Å². The summed E-state index contributed by atoms with van der Waals surface area (Å²) < 4.78 is 15.4. The van der Waals surface area contributed by atoms with E-state index in [2.05, 4.69) is 4.98 Å². The summed E-state index contributed by atoms with van der Waals surface area (Å²) in [5, 5.41) is 0. The fourth-order valence-corrected chi connectivity index (χ4v) is 1.73. The molecule has 0 fully saturated rings. The summed E-state index contributed by atoms with van der Waals surface area (Å²) in [4.78, 5) is 3.98. The van der Waals surface area contributed by atoms with Crippen LogP contribution in [-0.4, -0.2) is 9.55 Å². The van der Waals surface area contributed by atoms with Crippen LogP contribution in [0.25, 0.3) is 0 Å². The van der Waals surface area contributed by atoms with Gasteiger partial charge in [-0.25, -0.2) is 9.37 Å². The molecule has 4 heteroatoms. The highest BCUT2D eigenvalue weighted by Crippen LogP contribution is 2.22. The van der Waals surface area contributed by atoms with Crippen molar-refractivity contribution in [3.63, 3.8) is 0 Å². The quantitative estimate of drug-likeness (QED) is 0.838. The smallest absolute Gasteiger partial charge is 0.128 e. The predicted octanol–water partition coefficient (Wildman–Crippen LogP) is 1.92. The Labute approximate surface area is 93.7 Å². The van der Waals surface area contributed by atoms with Gasteiger partial charge in [0.05, 0.1) is 24.3 Å². The first-order valence-corrected chi connectivity index (χ1v) is 5.07. The van der Waals surface area contributed by atoms with Gasteiger partial charge in [0.15, 0.2) is 0 Å². The molecule has 1 heterocycles. The van der Waals surface area contributed by atoms with Crippen molar-refractivity contribution in [1.82, 2.24) is 9.55 Å². The van der Waals surface area contributed by atoms with Crippen LogP contribution in [0.5, 0.6) is 0 Å². The Morgan fingerprint density at radius 2 is 2.19 bits per heavy atom. The highest BCUT2D eigenvalue weighted by Gasteiger charge is 2.16. The molecule has 2 N–H and O–H groups in total. The predicted molar refractivity (Wildman–Crippen MR) is 60.4 cm³/mol. The van der Waals surface area contributed by atoms with Crippen molar-refractivity contribution in [2.45, 2.75) is 13.0 Å². The Bertz CT molecular complexity index is 505. The fourth-order valence-electron chi connectivity index (χ4n) is 1.73. The molecule has 1 aromatic carbocycles. The molecule has 3 nitrogen and oxygen atoms in total. The van der Waals surface area contributed by atoms with Crippen molar-refractivity contribution in [3.05, 3.63) is 53.4 Å². The van der Waals surface area contributed by atoms with Crippen molar-refractivity contribution >= 4 is 0 Å². The lowest BCUT2D eigenvalue weighted by atomic mass is 10.0. The van der Waals surface area contributed by atoms with E-state index in [1.165, 1.54) is 6.07 Å². The molecule has 84 valence electrons. The third-order valence-corrected chi connectivity index (χ3v) is 2.66. The minimum Gasteiger partial charge on any atom is -0.336 e. The number of aryl methyl sites for hydroxylation is 2. The highest BCUT2D eigenvalue weighted by atomic mass is 19.1. The van der Waals surface area contributed by atoms with Gasteiger partial charge in [-0.05, 0) is 13.0 Å². The summed E-state index contributed by atoms with van der Waals surface area (Å²) in [7, 11) is 1.84. The molecule has 1 atom stereocenters. The SMILES string of the molecule is Cc1ccc(F)c(C(N)c2cncn2C)c1. The molecule has 0 bridgehead atoms. The average molecular weight is 219 g/mol. The lowest BCUT2D eigenvalue weighted by molar-refractivity contribution is 0.592. The summed E-state index contributed by atoms with van der Waals surface area (Å²) in [6.07, 6.45) is 3.31. The van der Waals surface area contributed by atoms with Crippen LogP contribution in [0.4, 0.5) is 4.39 Å². The van der Waals surface area contributed by atoms with Gasteiger partial charge in [-0.15, -0.1) is 0 Å². The normalized spacial score (nSPS) is 12.8. The third kappa shape index (κ3) is 1.84. The third-order valence-electron chi connectivity index (χ3n) is 2.66. The van der Waals surface area contributed by atoms with E-state index in [0.29, 0.717) is 5.56 Å². The lowest BCUT2D eigenvalue weighted by Crippen LogP contribution is -2.16. The number of halogens is 1. The van der Waals surface area contributed by atoms with Crippen molar-refractivity contribution in [2.75, 3.05) is 0 Å². The number of hydrogen-bond acceptors (Lipinski definition) is 2. The fraction of sp³-hybridized carbons (Fsp3) is 0.250. The number of nitrogens with zero attached hydrogens (tertiary/aromatic N) is 2. The zero-order chi connectivity index (χ0) is 11.7. The molecular weight excluding hydrogens is 205 g/mol. The molecule has 1 aromatic heterocycles. The Hall–Kier alpha value is -1.68. The van der Waals surface area contributed by atoms with Crippen LogP contribution in [0.2, 0.25) is 0 Å². The number of imidazole rings is 1. The summed E-state index contributed by atoms with van der Waals surface area (Å²) in [5.41, 5.74) is 8.32. The first-order valence-electron chi connectivity index (χ1n) is 5.07. The molecule has 0 aliphatic rings. The maximum Gasteiger partial charge on any atom is 0.128 e. The van der Waals surface area contributed by atoms with Gasteiger partial charge < -0.3 is 10.3 Å². The summed E-state index contributed by atoms with van der Waals surface area (Å²) in [6, 6.07) is 4.47. The second-order valence-electron chi connectivity index (χ2n) is 3.93. The number of benzene rings is 1. The van der Waals surface area contributed by atoms with Gasteiger partial charge in [0.1, 0.15) is 5.82 Å². The van der Waals surface area contributed by atoms with E-state index in [-0.39, 0.29) is 5.82 Å². The van der Waals surface area contributed by atoms with Gasteiger partial charge in [-0.3, -0.25) is 0 Å². The van der Waals surface area contributed by atoms with Crippen LogP contribution >= 0.6 is 0 Å². The number of nitrogens with two attached hydrogens (primary N) is 1. The molecule has 0 aliphatic heterocycles. The Morgan fingerprint density at radius 1 is 1.44 bits per heavy atom. The second-order valence-corrected chi connectivity index (χ2v) is 3.93. The maximum absolute atomic E-state index is 13.6. The minimum atomic E-state index is -0.479. The molecule has 0 amide bonds. The Morgan fingerprint density at radius 3 is 2.81 bits per heavy atom. The molecule has 0 spiro atoms. The zero-order valence-electron chi connectivity index (χ0n) is 9.31. The number of aromatic nitrogens is 2. The summed E-state index contributed by atoms with van der Waals surface area (Å²) in [6.45, 7) is 1.92. The van der Waals surface area contributed by atoms with Gasteiger partial charge in [0.25, 0.3) is 0 Å². The van der Waals surface area contributed by atoms with E-state index in [1.807, 2.05) is 14.0 Å². The Balaban J connectivity index is 2.45. The minimum absolute atomic E-state index is 0.278. The van der Waals surface area contributed by atoms with Crippen LogP contribution in [0.3, 0.4) is 0 Å². The van der Waals surface area contributed by atoms with Crippen LogP contribution < -0.4 is 5.73 Å². The molecular formula is C12H14FN3. The van der Waals surface area contributed by atoms with Gasteiger partial charge in [-0.1, -0.05) is 17.7 Å². The zero-order valence-corrected chi connectivity index (χ0v) is 9.31. The first-order chi connectivity index (χ1) is 7.59. The monoisotopic (exact) mass is 219 g/mol. The molecule has 16 heavy (non-hydrogen) atoms. The van der Waals surface area contributed by atoms with E-state index < -0.39 is 6.04 Å². The molecule has 0 saturated carbocycles. The van der Waals surface area contributed by atoms with E-state index in [0.717, 1.165) is 11.3 Å². The maximum atomic E-state index is 13.6. The van der Waals surface area contributed by atoms with Crippen molar-refractivity contribution < 1.29 is 4.39 Å². The largest absolute Gasteiger partial charge is 0.336 e. The van der Waals surface area contributed by atoms with Crippen molar-refractivity contribution in [3.8, 4) is 0 Å². The van der Waals surface area contributed by atoms with Gasteiger partial charge in [0.2, 0.25) is 0 Å². The second kappa shape index (κ2) is 4.06. The standard InChI is InChI=1S/C12H14FN3/c1-8-3-4-10(13)9(5-8)12(14)11-6-15-7-16(11)2/h3-7,12H,14H2,1-2H3. The van der Waals surface area contributed by atoms with E-state index in [9.17, 15) is 4.39 Å². The van der Waals surface area contributed by atoms with Crippen LogP contribution in [-0.2, 0) is 7.05 Å². The highest BCUT2D eigenvalue weighted by molar-refractivity contribution is 5.31. The lowest BCUT2D eigenvalue weighted by Gasteiger charge is -2.14. The van der Waals surface area contributed by atoms with Gasteiger partial charge in [-0.2, -0.15) is 0 Å². The molecule has 2 rings (SSSR count). The Kier molecular flexibility index (Phi) is 2.75. The van der Waals surface area contributed by atoms with E-state index in [1.54, 1.807) is 29.2 Å². The first kappa shape index (κ1) is 10.8. The van der Waals surface area contributed by atoms with E-state index in [4.69, 9.17) is 5.73 Å². The van der Waals surface area contributed by atoms with Gasteiger partial charge in [0, 0.05) is 12.6 Å². The molecule has 0 saturated heterocycles. The average Bonchev–Trinajstić information content (AvgIpc) is 2.67. The van der Waals surface area contributed by atoms with Crippen LogP contribution in [0.15, 0.2) is 30.7 Å². The molecule has 2 aromatic rings. The summed E-state index contributed by atoms with van der Waals surface area (Å²) >= 11 is 0. The topological polar surface area (TPSA) is 43.8 Å². The van der Waals surface area contributed by atoms with Gasteiger partial charge >= 0.3 is 0 Å². The molecule has 0 radical (unpaired) electrons. The summed E-state index contributed by atoms with van der Waals surface area (Å²) in [5.74, 6) is -0.278. The van der Waals surface area contributed by atoms with Crippen LogP contribution in [0, 0.1) is 12.7 Å². The molecule has 1 unspecified atom stereocenters. The molecule has 0 aliphatic carbocycles.